The van der Waals surface area contributed by atoms with E-state index in [1.54, 1.807) is 0 Å². The zero-order chi connectivity index (χ0) is 11.5. The molecular formula is C12H16N4. The van der Waals surface area contributed by atoms with Crippen molar-refractivity contribution in [2.45, 2.75) is 26.8 Å². The maximum atomic E-state index is 5.63. The molecule has 1 aromatic carbocycles. The van der Waals surface area contributed by atoms with Crippen molar-refractivity contribution in [3.63, 3.8) is 0 Å². The average molecular weight is 216 g/mol. The quantitative estimate of drug-likeness (QED) is 0.795. The van der Waals surface area contributed by atoms with E-state index in [9.17, 15) is 0 Å². The monoisotopic (exact) mass is 216 g/mol. The van der Waals surface area contributed by atoms with E-state index >= 15 is 0 Å². The number of aromatic nitrogens is 3. The zero-order valence-electron chi connectivity index (χ0n) is 9.64. The maximum Gasteiger partial charge on any atom is 0.147 e. The van der Waals surface area contributed by atoms with Gasteiger partial charge < -0.3 is 5.73 Å². The molecule has 0 saturated heterocycles. The van der Waals surface area contributed by atoms with Crippen LogP contribution in [0.1, 0.15) is 17.2 Å². The fourth-order valence-electron chi connectivity index (χ4n) is 1.69. The van der Waals surface area contributed by atoms with Gasteiger partial charge in [-0.15, -0.1) is 0 Å². The minimum Gasteiger partial charge on any atom is -0.399 e. The van der Waals surface area contributed by atoms with E-state index in [-0.39, 0.29) is 0 Å². The van der Waals surface area contributed by atoms with Crippen LogP contribution >= 0.6 is 0 Å². The number of hydrogen-bond acceptors (Lipinski definition) is 3. The fourth-order valence-corrected chi connectivity index (χ4v) is 1.69. The van der Waals surface area contributed by atoms with Crippen molar-refractivity contribution >= 4 is 5.69 Å². The van der Waals surface area contributed by atoms with Gasteiger partial charge in [-0.3, -0.25) is 0 Å². The van der Waals surface area contributed by atoms with Gasteiger partial charge >= 0.3 is 0 Å². The summed E-state index contributed by atoms with van der Waals surface area (Å²) in [4.78, 5) is 4.27. The summed E-state index contributed by atoms with van der Waals surface area (Å²) in [6.45, 7) is 4.74. The molecule has 0 aliphatic heterocycles. The number of benzene rings is 1. The molecule has 0 bridgehead atoms. The summed E-state index contributed by atoms with van der Waals surface area (Å²) in [5.41, 5.74) is 7.70. The zero-order valence-corrected chi connectivity index (χ0v) is 9.64. The Hall–Kier alpha value is -1.84. The highest BCUT2D eigenvalue weighted by atomic mass is 15.3. The molecule has 0 amide bonds. The number of rotatable bonds is 3. The molecule has 2 rings (SSSR count). The van der Waals surface area contributed by atoms with Crippen molar-refractivity contribution in [3.05, 3.63) is 41.5 Å². The highest BCUT2D eigenvalue weighted by Gasteiger charge is 2.02. The number of nitrogen functional groups attached to an aromatic ring is 1. The van der Waals surface area contributed by atoms with E-state index in [0.717, 1.165) is 30.3 Å². The first-order chi connectivity index (χ1) is 7.65. The molecule has 4 nitrogen and oxygen atoms in total. The van der Waals surface area contributed by atoms with Crippen molar-refractivity contribution in [1.82, 2.24) is 14.8 Å². The van der Waals surface area contributed by atoms with Crippen molar-refractivity contribution in [2.24, 2.45) is 0 Å². The number of hydrogen-bond donors (Lipinski definition) is 1. The van der Waals surface area contributed by atoms with Crippen LogP contribution in [-0.4, -0.2) is 14.8 Å². The molecule has 2 N–H and O–H groups in total. The van der Waals surface area contributed by atoms with Crippen LogP contribution in [-0.2, 0) is 13.0 Å². The van der Waals surface area contributed by atoms with E-state index < -0.39 is 0 Å². The van der Waals surface area contributed by atoms with Gasteiger partial charge in [0.1, 0.15) is 11.6 Å². The fraction of sp³-hybridized carbons (Fsp3) is 0.333. The molecular weight excluding hydrogens is 200 g/mol. The molecule has 4 heteroatoms. The molecule has 0 saturated carbocycles. The lowest BCUT2D eigenvalue weighted by molar-refractivity contribution is 0.592. The highest BCUT2D eigenvalue weighted by molar-refractivity contribution is 5.39. The number of anilines is 1. The van der Waals surface area contributed by atoms with Gasteiger partial charge in [0.05, 0.1) is 0 Å². The maximum absolute atomic E-state index is 5.63. The first-order valence-electron chi connectivity index (χ1n) is 5.37. The Balaban J connectivity index is 2.02. The van der Waals surface area contributed by atoms with E-state index in [1.165, 1.54) is 5.56 Å². The minimum atomic E-state index is 0.802. The Morgan fingerprint density at radius 3 is 2.44 bits per heavy atom. The van der Waals surface area contributed by atoms with Gasteiger partial charge in [-0.2, -0.15) is 5.10 Å². The molecule has 0 atom stereocenters. The van der Waals surface area contributed by atoms with Crippen molar-refractivity contribution < 1.29 is 0 Å². The first kappa shape index (κ1) is 10.7. The van der Waals surface area contributed by atoms with Gasteiger partial charge in [0.15, 0.2) is 0 Å². The van der Waals surface area contributed by atoms with Gasteiger partial charge in [0.2, 0.25) is 0 Å². The third-order valence-corrected chi connectivity index (χ3v) is 2.55. The topological polar surface area (TPSA) is 56.7 Å². The molecule has 0 aliphatic carbocycles. The molecule has 0 fully saturated rings. The van der Waals surface area contributed by atoms with Crippen LogP contribution in [0.15, 0.2) is 24.3 Å². The standard InChI is InChI=1S/C12H16N4/c1-9-14-10(2)16(15-9)8-7-11-3-5-12(13)6-4-11/h3-6H,7-8,13H2,1-2H3. The summed E-state index contributed by atoms with van der Waals surface area (Å²) < 4.78 is 1.94. The smallest absolute Gasteiger partial charge is 0.147 e. The lowest BCUT2D eigenvalue weighted by Crippen LogP contribution is -2.05. The van der Waals surface area contributed by atoms with Crippen LogP contribution in [0.5, 0.6) is 0 Å². The summed E-state index contributed by atoms with van der Waals surface area (Å²) in [7, 11) is 0. The van der Waals surface area contributed by atoms with Gasteiger partial charge in [-0.1, -0.05) is 12.1 Å². The Kier molecular flexibility index (Phi) is 2.90. The van der Waals surface area contributed by atoms with Crippen molar-refractivity contribution in [3.8, 4) is 0 Å². The molecule has 0 aliphatic rings. The summed E-state index contributed by atoms with van der Waals surface area (Å²) in [6.07, 6.45) is 0.948. The molecule has 0 spiro atoms. The second-order valence-electron chi connectivity index (χ2n) is 3.92. The van der Waals surface area contributed by atoms with Crippen LogP contribution < -0.4 is 5.73 Å². The van der Waals surface area contributed by atoms with Crippen molar-refractivity contribution in [1.29, 1.82) is 0 Å². The third-order valence-electron chi connectivity index (χ3n) is 2.55. The van der Waals surface area contributed by atoms with E-state index in [1.807, 2.05) is 30.7 Å². The second kappa shape index (κ2) is 4.35. The molecule has 0 unspecified atom stereocenters. The first-order valence-corrected chi connectivity index (χ1v) is 5.37. The van der Waals surface area contributed by atoms with Gasteiger partial charge in [-0.05, 0) is 38.0 Å². The Bertz CT molecular complexity index is 470. The predicted octanol–water partition coefficient (Wildman–Crippen LogP) is 1.72. The normalized spacial score (nSPS) is 10.6. The Labute approximate surface area is 95.1 Å². The van der Waals surface area contributed by atoms with Crippen LogP contribution in [0.2, 0.25) is 0 Å². The Morgan fingerprint density at radius 1 is 1.19 bits per heavy atom. The predicted molar refractivity (Wildman–Crippen MR) is 64.1 cm³/mol. The summed E-state index contributed by atoms with van der Waals surface area (Å²) in [6, 6.07) is 7.95. The van der Waals surface area contributed by atoms with E-state index in [4.69, 9.17) is 5.73 Å². The SMILES string of the molecule is Cc1nc(C)n(CCc2ccc(N)cc2)n1. The summed E-state index contributed by atoms with van der Waals surface area (Å²) >= 11 is 0. The third kappa shape index (κ3) is 2.39. The van der Waals surface area contributed by atoms with Crippen LogP contribution in [0.3, 0.4) is 0 Å². The molecule has 16 heavy (non-hydrogen) atoms. The molecule has 1 heterocycles. The van der Waals surface area contributed by atoms with Gasteiger partial charge in [0, 0.05) is 12.2 Å². The van der Waals surface area contributed by atoms with Crippen LogP contribution in [0.25, 0.3) is 0 Å². The molecule has 0 radical (unpaired) electrons. The largest absolute Gasteiger partial charge is 0.399 e. The summed E-state index contributed by atoms with van der Waals surface area (Å²) in [5.74, 6) is 1.79. The molecule has 84 valence electrons. The van der Waals surface area contributed by atoms with E-state index in [0.29, 0.717) is 0 Å². The lowest BCUT2D eigenvalue weighted by Gasteiger charge is -2.03. The van der Waals surface area contributed by atoms with Gasteiger partial charge in [-0.25, -0.2) is 9.67 Å². The average Bonchev–Trinajstić information content (AvgIpc) is 2.57. The van der Waals surface area contributed by atoms with Crippen LogP contribution in [0, 0.1) is 13.8 Å². The van der Waals surface area contributed by atoms with Gasteiger partial charge in [0.25, 0.3) is 0 Å². The highest BCUT2D eigenvalue weighted by Crippen LogP contribution is 2.07. The van der Waals surface area contributed by atoms with Crippen molar-refractivity contribution in [2.75, 3.05) is 5.73 Å². The summed E-state index contributed by atoms with van der Waals surface area (Å²) in [5, 5.41) is 4.32. The molecule has 1 aromatic heterocycles. The Morgan fingerprint density at radius 2 is 1.88 bits per heavy atom. The minimum absolute atomic E-state index is 0.802. The van der Waals surface area contributed by atoms with E-state index in [2.05, 4.69) is 22.2 Å². The number of nitrogens with zero attached hydrogens (tertiary/aromatic N) is 3. The lowest BCUT2D eigenvalue weighted by atomic mass is 10.1. The number of nitrogens with two attached hydrogens (primary N) is 1. The second-order valence-corrected chi connectivity index (χ2v) is 3.92. The molecule has 2 aromatic rings. The van der Waals surface area contributed by atoms with Crippen LogP contribution in [0.4, 0.5) is 5.69 Å². The number of aryl methyl sites for hydroxylation is 4.